The maximum absolute atomic E-state index is 13.1. The molecule has 1 N–H and O–H groups in total. The Kier molecular flexibility index (Phi) is 4.68. The van der Waals surface area contributed by atoms with E-state index in [0.29, 0.717) is 5.56 Å². The fourth-order valence-corrected chi connectivity index (χ4v) is 3.77. The highest BCUT2D eigenvalue weighted by molar-refractivity contribution is 6.06. The second kappa shape index (κ2) is 7.08. The van der Waals surface area contributed by atoms with E-state index in [1.54, 1.807) is 6.07 Å². The molecule has 0 aromatic heterocycles. The van der Waals surface area contributed by atoms with Crippen molar-refractivity contribution in [3.05, 3.63) is 64.9 Å². The lowest BCUT2D eigenvalue weighted by Crippen LogP contribution is -2.37. The first-order chi connectivity index (χ1) is 14.2. The normalized spacial score (nSPS) is 19.1. The Morgan fingerprint density at radius 2 is 1.93 bits per heavy atom. The number of aromatic hydroxyl groups is 1. The Morgan fingerprint density at radius 3 is 2.63 bits per heavy atom. The number of carbonyl (C=O) groups excluding carboxylic acids is 2. The van der Waals surface area contributed by atoms with E-state index < -0.39 is 29.5 Å². The molecule has 6 nitrogen and oxygen atoms in total. The van der Waals surface area contributed by atoms with Gasteiger partial charge in [-0.05, 0) is 35.9 Å². The molecule has 1 amide bonds. The van der Waals surface area contributed by atoms with Crippen molar-refractivity contribution in [2.75, 3.05) is 18.6 Å². The second-order valence-electron chi connectivity index (χ2n) is 6.90. The predicted octanol–water partition coefficient (Wildman–Crippen LogP) is 3.75. The van der Waals surface area contributed by atoms with E-state index in [1.165, 1.54) is 31.4 Å². The number of nitrogens with zero attached hydrogens (tertiary/aromatic N) is 1. The van der Waals surface area contributed by atoms with Gasteiger partial charge in [0.1, 0.15) is 6.61 Å². The molecule has 2 aromatic carbocycles. The van der Waals surface area contributed by atoms with Gasteiger partial charge in [-0.2, -0.15) is 13.2 Å². The summed E-state index contributed by atoms with van der Waals surface area (Å²) in [6, 6.07) is 8.84. The lowest BCUT2D eigenvalue weighted by Gasteiger charge is -2.32. The average molecular weight is 419 g/mol. The number of benzene rings is 2. The van der Waals surface area contributed by atoms with Crippen LogP contribution in [0.5, 0.6) is 11.5 Å². The molecule has 2 aliphatic heterocycles. The van der Waals surface area contributed by atoms with Gasteiger partial charge in [0.2, 0.25) is 5.91 Å². The van der Waals surface area contributed by atoms with Crippen molar-refractivity contribution in [1.29, 1.82) is 0 Å². The number of esters is 1. The first-order valence-electron chi connectivity index (χ1n) is 8.98. The molecule has 2 aliphatic rings. The van der Waals surface area contributed by atoms with Crippen LogP contribution in [0.3, 0.4) is 0 Å². The summed E-state index contributed by atoms with van der Waals surface area (Å²) in [6.45, 7) is -0.220. The van der Waals surface area contributed by atoms with Crippen LogP contribution in [-0.4, -0.2) is 30.7 Å². The lowest BCUT2D eigenvalue weighted by atomic mass is 9.84. The van der Waals surface area contributed by atoms with E-state index in [4.69, 9.17) is 9.47 Å². The number of cyclic esters (lactones) is 1. The number of anilines is 1. The van der Waals surface area contributed by atoms with Gasteiger partial charge in [-0.15, -0.1) is 0 Å². The molecule has 0 saturated heterocycles. The zero-order valence-corrected chi connectivity index (χ0v) is 15.7. The number of halogens is 3. The number of alkyl halides is 3. The number of hydrogen-bond donors (Lipinski definition) is 1. The molecule has 0 fully saturated rings. The van der Waals surface area contributed by atoms with Crippen molar-refractivity contribution in [2.45, 2.75) is 18.5 Å². The van der Waals surface area contributed by atoms with Gasteiger partial charge in [0.15, 0.2) is 11.5 Å². The second-order valence-corrected chi connectivity index (χ2v) is 6.90. The number of amides is 1. The van der Waals surface area contributed by atoms with Gasteiger partial charge in [0.25, 0.3) is 0 Å². The van der Waals surface area contributed by atoms with Crippen LogP contribution in [0.2, 0.25) is 0 Å². The third kappa shape index (κ3) is 3.26. The zero-order valence-electron chi connectivity index (χ0n) is 15.7. The predicted molar refractivity (Wildman–Crippen MR) is 98.9 cm³/mol. The standard InChI is InChI=1S/C21H16F3NO5/c1-29-17-7-11(5-6-16(17)26)14-9-18(27)25(15-10-30-20(28)19(14)15)13-4-2-3-12(8-13)21(22,23)24/h2-8,14,26H,9-10H2,1H3. The first-order valence-corrected chi connectivity index (χ1v) is 8.98. The topological polar surface area (TPSA) is 76.1 Å². The van der Waals surface area contributed by atoms with Gasteiger partial charge in [0.05, 0.1) is 23.9 Å². The van der Waals surface area contributed by atoms with Crippen molar-refractivity contribution in [3.63, 3.8) is 0 Å². The van der Waals surface area contributed by atoms with Crippen LogP contribution in [0.4, 0.5) is 18.9 Å². The maximum Gasteiger partial charge on any atom is 0.416 e. The van der Waals surface area contributed by atoms with Gasteiger partial charge < -0.3 is 14.6 Å². The summed E-state index contributed by atoms with van der Waals surface area (Å²) in [6.07, 6.45) is -4.72. The molecule has 2 aromatic rings. The molecule has 30 heavy (non-hydrogen) atoms. The largest absolute Gasteiger partial charge is 0.504 e. The minimum Gasteiger partial charge on any atom is -0.504 e. The average Bonchev–Trinajstić information content (AvgIpc) is 3.08. The van der Waals surface area contributed by atoms with Crippen molar-refractivity contribution in [1.82, 2.24) is 0 Å². The van der Waals surface area contributed by atoms with Gasteiger partial charge in [-0.3, -0.25) is 9.69 Å². The molecular formula is C21H16F3NO5. The smallest absolute Gasteiger partial charge is 0.416 e. The molecule has 0 radical (unpaired) electrons. The summed E-state index contributed by atoms with van der Waals surface area (Å²) in [4.78, 5) is 26.5. The van der Waals surface area contributed by atoms with Crippen LogP contribution in [0, 0.1) is 0 Å². The van der Waals surface area contributed by atoms with Gasteiger partial charge >= 0.3 is 12.1 Å². The third-order valence-electron chi connectivity index (χ3n) is 5.16. The monoisotopic (exact) mass is 419 g/mol. The molecule has 0 aliphatic carbocycles. The molecule has 0 bridgehead atoms. The van der Waals surface area contributed by atoms with Crippen LogP contribution in [0.15, 0.2) is 53.7 Å². The molecule has 1 unspecified atom stereocenters. The number of rotatable bonds is 3. The number of phenolic OH excluding ortho intramolecular Hbond substituents is 1. The minimum absolute atomic E-state index is 0.0161. The first kappa shape index (κ1) is 19.8. The fourth-order valence-electron chi connectivity index (χ4n) is 3.77. The Morgan fingerprint density at radius 1 is 1.17 bits per heavy atom. The Labute approximate surface area is 169 Å². The van der Waals surface area contributed by atoms with E-state index in [9.17, 15) is 27.9 Å². The number of hydrogen-bond acceptors (Lipinski definition) is 5. The number of methoxy groups -OCH3 is 1. The fraction of sp³-hybridized carbons (Fsp3) is 0.238. The number of phenols is 1. The van der Waals surface area contributed by atoms with Crippen molar-refractivity contribution in [2.24, 2.45) is 0 Å². The van der Waals surface area contributed by atoms with Crippen LogP contribution < -0.4 is 9.64 Å². The summed E-state index contributed by atoms with van der Waals surface area (Å²) < 4.78 is 49.6. The van der Waals surface area contributed by atoms with Crippen LogP contribution in [0.25, 0.3) is 0 Å². The molecule has 0 saturated carbocycles. The molecule has 156 valence electrons. The maximum atomic E-state index is 13.1. The molecule has 2 heterocycles. The Balaban J connectivity index is 1.81. The van der Waals surface area contributed by atoms with E-state index in [0.717, 1.165) is 17.0 Å². The van der Waals surface area contributed by atoms with E-state index in [1.807, 2.05) is 0 Å². The van der Waals surface area contributed by atoms with Crippen LogP contribution in [-0.2, 0) is 20.5 Å². The quantitative estimate of drug-likeness (QED) is 0.767. The van der Waals surface area contributed by atoms with Crippen LogP contribution in [0.1, 0.15) is 23.5 Å². The molecular weight excluding hydrogens is 403 g/mol. The lowest BCUT2D eigenvalue weighted by molar-refractivity contribution is -0.138. The molecule has 0 spiro atoms. The highest BCUT2D eigenvalue weighted by Gasteiger charge is 2.43. The summed E-state index contributed by atoms with van der Waals surface area (Å²) >= 11 is 0. The van der Waals surface area contributed by atoms with E-state index in [-0.39, 0.29) is 41.5 Å². The number of ether oxygens (including phenoxy) is 2. The highest BCUT2D eigenvalue weighted by atomic mass is 19.4. The number of carbonyl (C=O) groups is 2. The van der Waals surface area contributed by atoms with Crippen molar-refractivity contribution < 1.29 is 37.3 Å². The SMILES string of the molecule is COc1cc(C2CC(=O)N(c3cccc(C(F)(F)F)c3)C3=C2C(=O)OC3)ccc1O. The zero-order chi connectivity index (χ0) is 21.6. The van der Waals surface area contributed by atoms with E-state index in [2.05, 4.69) is 0 Å². The van der Waals surface area contributed by atoms with Gasteiger partial charge in [-0.1, -0.05) is 12.1 Å². The Hall–Kier alpha value is -3.49. The van der Waals surface area contributed by atoms with Crippen LogP contribution >= 0.6 is 0 Å². The summed E-state index contributed by atoms with van der Waals surface area (Å²) in [5.41, 5.74) is 0.0911. The van der Waals surface area contributed by atoms with E-state index >= 15 is 0 Å². The van der Waals surface area contributed by atoms with Gasteiger partial charge in [0, 0.05) is 18.0 Å². The minimum atomic E-state index is -4.57. The molecule has 1 atom stereocenters. The summed E-state index contributed by atoms with van der Waals surface area (Å²) in [5.74, 6) is -1.69. The highest BCUT2D eigenvalue weighted by Crippen LogP contribution is 2.44. The van der Waals surface area contributed by atoms with Crippen molar-refractivity contribution >= 4 is 17.6 Å². The third-order valence-corrected chi connectivity index (χ3v) is 5.16. The van der Waals surface area contributed by atoms with Gasteiger partial charge in [-0.25, -0.2) is 4.79 Å². The molecule has 9 heteroatoms. The Bertz CT molecular complexity index is 1080. The summed E-state index contributed by atoms with van der Waals surface area (Å²) in [5, 5.41) is 9.81. The summed E-state index contributed by atoms with van der Waals surface area (Å²) in [7, 11) is 1.37. The molecule has 4 rings (SSSR count). The van der Waals surface area contributed by atoms with Crippen molar-refractivity contribution in [3.8, 4) is 11.5 Å².